The normalized spacial score (nSPS) is 24.9. The molecule has 1 aliphatic heterocycles. The summed E-state index contributed by atoms with van der Waals surface area (Å²) in [7, 11) is 0. The first-order chi connectivity index (χ1) is 10.6. The average molecular weight is 304 g/mol. The summed E-state index contributed by atoms with van der Waals surface area (Å²) in [5.74, 6) is -1.42. The molecule has 1 aromatic carbocycles. The summed E-state index contributed by atoms with van der Waals surface area (Å²) in [6, 6.07) is 6.93. The summed E-state index contributed by atoms with van der Waals surface area (Å²) in [6.07, 6.45) is 1.24. The van der Waals surface area contributed by atoms with Crippen molar-refractivity contribution in [1.29, 1.82) is 0 Å². The van der Waals surface area contributed by atoms with Crippen LogP contribution in [-0.2, 0) is 4.79 Å². The number of urea groups is 1. The summed E-state index contributed by atoms with van der Waals surface area (Å²) < 4.78 is 0. The van der Waals surface area contributed by atoms with Gasteiger partial charge in [-0.25, -0.2) is 4.79 Å². The largest absolute Gasteiger partial charge is 0.481 e. The predicted octanol–water partition coefficient (Wildman–Crippen LogP) is 1.47. The number of likely N-dealkylation sites (tertiary alicyclic amines) is 1. The number of carboxylic acid groups (broad SMARTS) is 1. The molecule has 6 nitrogen and oxygen atoms in total. The van der Waals surface area contributed by atoms with Crippen molar-refractivity contribution in [1.82, 2.24) is 10.2 Å². The van der Waals surface area contributed by atoms with Crippen LogP contribution in [0.4, 0.5) is 4.79 Å². The van der Waals surface area contributed by atoms with E-state index in [4.69, 9.17) is 0 Å². The number of hydrogen-bond acceptors (Lipinski definition) is 3. The van der Waals surface area contributed by atoms with Gasteiger partial charge in [0.15, 0.2) is 0 Å². The zero-order chi connectivity index (χ0) is 15.7. The molecule has 2 atom stereocenters. The number of aliphatic carboxylic acids is 1. The van der Waals surface area contributed by atoms with E-state index in [-0.39, 0.29) is 18.2 Å². The van der Waals surface area contributed by atoms with E-state index in [9.17, 15) is 19.8 Å². The van der Waals surface area contributed by atoms with Crippen LogP contribution in [0.2, 0.25) is 0 Å². The van der Waals surface area contributed by atoms with E-state index >= 15 is 0 Å². The van der Waals surface area contributed by atoms with Gasteiger partial charge < -0.3 is 20.4 Å². The van der Waals surface area contributed by atoms with Crippen LogP contribution in [-0.4, -0.2) is 46.3 Å². The second-order valence-electron chi connectivity index (χ2n) is 5.98. The van der Waals surface area contributed by atoms with Crippen molar-refractivity contribution in [2.45, 2.75) is 37.3 Å². The minimum atomic E-state index is -0.856. The van der Waals surface area contributed by atoms with E-state index in [0.29, 0.717) is 32.4 Å². The molecule has 2 unspecified atom stereocenters. The van der Waals surface area contributed by atoms with E-state index in [0.717, 1.165) is 11.1 Å². The van der Waals surface area contributed by atoms with E-state index in [1.54, 1.807) is 4.90 Å². The van der Waals surface area contributed by atoms with Crippen molar-refractivity contribution >= 4 is 12.0 Å². The molecule has 3 N–H and O–H groups in total. The summed E-state index contributed by atoms with van der Waals surface area (Å²) >= 11 is 0. The number of carbonyl (C=O) groups excluding carboxylic acids is 1. The van der Waals surface area contributed by atoms with Crippen LogP contribution in [0.25, 0.3) is 0 Å². The zero-order valence-corrected chi connectivity index (χ0v) is 12.2. The number of benzene rings is 1. The molecule has 1 fully saturated rings. The maximum atomic E-state index is 12.3. The molecule has 0 spiro atoms. The fourth-order valence-corrected chi connectivity index (χ4v) is 3.32. The van der Waals surface area contributed by atoms with Crippen molar-refractivity contribution < 1.29 is 19.8 Å². The van der Waals surface area contributed by atoms with Gasteiger partial charge in [-0.2, -0.15) is 0 Å². The van der Waals surface area contributed by atoms with Gasteiger partial charge in [-0.15, -0.1) is 0 Å². The molecule has 1 saturated heterocycles. The van der Waals surface area contributed by atoms with Gasteiger partial charge in [-0.1, -0.05) is 24.3 Å². The van der Waals surface area contributed by atoms with Crippen LogP contribution in [0.3, 0.4) is 0 Å². The second-order valence-corrected chi connectivity index (χ2v) is 5.98. The number of rotatable bonds is 2. The molecule has 3 rings (SSSR count). The Balaban J connectivity index is 1.71. The minimum Gasteiger partial charge on any atom is -0.481 e. The van der Waals surface area contributed by atoms with Crippen molar-refractivity contribution in [3.05, 3.63) is 35.4 Å². The van der Waals surface area contributed by atoms with E-state index in [2.05, 4.69) is 5.32 Å². The van der Waals surface area contributed by atoms with Gasteiger partial charge in [0, 0.05) is 13.1 Å². The molecule has 0 aromatic heterocycles. The van der Waals surface area contributed by atoms with Gasteiger partial charge in [-0.05, 0) is 30.4 Å². The molecule has 0 bridgehead atoms. The molecule has 118 valence electrons. The average Bonchev–Trinajstić information content (AvgIpc) is 2.87. The molecule has 2 aliphatic rings. The van der Waals surface area contributed by atoms with Gasteiger partial charge in [0.05, 0.1) is 18.1 Å². The fraction of sp³-hybridized carbons (Fsp3) is 0.500. The van der Waals surface area contributed by atoms with E-state index in [1.165, 1.54) is 0 Å². The Bertz CT molecular complexity index is 581. The lowest BCUT2D eigenvalue weighted by Gasteiger charge is -2.30. The fourth-order valence-electron chi connectivity index (χ4n) is 3.32. The Hall–Kier alpha value is -2.08. The minimum absolute atomic E-state index is 0.183. The van der Waals surface area contributed by atoms with Crippen molar-refractivity contribution in [2.75, 3.05) is 13.1 Å². The lowest BCUT2D eigenvalue weighted by atomic mass is 10.0. The topological polar surface area (TPSA) is 89.9 Å². The number of aliphatic hydroxyl groups is 1. The monoisotopic (exact) mass is 304 g/mol. The highest BCUT2D eigenvalue weighted by Crippen LogP contribution is 2.40. The standard InChI is InChI=1S/C16H20N2O4/c19-10-5-7-18(8-6-10)16(22)17-14-9-13(15(20)21)11-3-1-2-4-12(11)14/h1-4,10,13-14,19H,5-9H2,(H,17,22)(H,20,21). The van der Waals surface area contributed by atoms with Gasteiger partial charge in [0.25, 0.3) is 0 Å². The highest BCUT2D eigenvalue weighted by Gasteiger charge is 2.36. The zero-order valence-electron chi connectivity index (χ0n) is 12.2. The predicted molar refractivity (Wildman–Crippen MR) is 79.5 cm³/mol. The van der Waals surface area contributed by atoms with Gasteiger partial charge >= 0.3 is 12.0 Å². The maximum absolute atomic E-state index is 12.3. The van der Waals surface area contributed by atoms with Crippen molar-refractivity contribution in [3.63, 3.8) is 0 Å². The molecule has 1 aliphatic carbocycles. The van der Waals surface area contributed by atoms with E-state index in [1.807, 2.05) is 24.3 Å². The third-order valence-electron chi connectivity index (χ3n) is 4.57. The number of nitrogens with one attached hydrogen (secondary N) is 1. The number of aliphatic hydroxyl groups excluding tert-OH is 1. The van der Waals surface area contributed by atoms with Gasteiger partial charge in [0.2, 0.25) is 0 Å². The first kappa shape index (κ1) is 14.8. The number of fused-ring (bicyclic) bond motifs is 1. The SMILES string of the molecule is O=C(O)C1CC(NC(=O)N2CCC(O)CC2)c2ccccc21. The molecule has 6 heteroatoms. The maximum Gasteiger partial charge on any atom is 0.317 e. The Kier molecular flexibility index (Phi) is 4.02. The molecule has 0 radical (unpaired) electrons. The number of carbonyl (C=O) groups is 2. The Morgan fingerprint density at radius 1 is 1.14 bits per heavy atom. The molecule has 1 aromatic rings. The molecular weight excluding hydrogens is 284 g/mol. The van der Waals surface area contributed by atoms with Crippen LogP contribution < -0.4 is 5.32 Å². The molecule has 0 saturated carbocycles. The summed E-state index contributed by atoms with van der Waals surface area (Å²) in [6.45, 7) is 1.06. The van der Waals surface area contributed by atoms with Gasteiger partial charge in [-0.3, -0.25) is 4.79 Å². The first-order valence-corrected chi connectivity index (χ1v) is 7.61. The van der Waals surface area contributed by atoms with Crippen LogP contribution in [0.5, 0.6) is 0 Å². The van der Waals surface area contributed by atoms with Crippen LogP contribution in [0.15, 0.2) is 24.3 Å². The molecule has 2 amide bonds. The van der Waals surface area contributed by atoms with Crippen molar-refractivity contribution in [3.8, 4) is 0 Å². The van der Waals surface area contributed by atoms with Crippen LogP contribution in [0, 0.1) is 0 Å². The van der Waals surface area contributed by atoms with Crippen molar-refractivity contribution in [2.24, 2.45) is 0 Å². The Labute approximate surface area is 128 Å². The first-order valence-electron chi connectivity index (χ1n) is 7.61. The van der Waals surface area contributed by atoms with Gasteiger partial charge in [0.1, 0.15) is 0 Å². The Morgan fingerprint density at radius 3 is 2.41 bits per heavy atom. The summed E-state index contributed by atoms with van der Waals surface area (Å²) in [5.41, 5.74) is 1.68. The summed E-state index contributed by atoms with van der Waals surface area (Å²) in [5, 5.41) is 21.8. The van der Waals surface area contributed by atoms with E-state index < -0.39 is 11.9 Å². The smallest absolute Gasteiger partial charge is 0.317 e. The number of nitrogens with zero attached hydrogens (tertiary/aromatic N) is 1. The number of carboxylic acids is 1. The van der Waals surface area contributed by atoms with Crippen LogP contribution in [0.1, 0.15) is 42.3 Å². The lowest BCUT2D eigenvalue weighted by Crippen LogP contribution is -2.46. The third kappa shape index (κ3) is 2.78. The molecular formula is C16H20N2O4. The van der Waals surface area contributed by atoms with Crippen LogP contribution >= 0.6 is 0 Å². The second kappa shape index (κ2) is 5.96. The Morgan fingerprint density at radius 2 is 1.77 bits per heavy atom. The highest BCUT2D eigenvalue weighted by atomic mass is 16.4. The number of hydrogen-bond donors (Lipinski definition) is 3. The number of amides is 2. The molecule has 1 heterocycles. The quantitative estimate of drug-likeness (QED) is 0.771. The summed E-state index contributed by atoms with van der Waals surface area (Å²) in [4.78, 5) is 25.4. The molecule has 22 heavy (non-hydrogen) atoms. The number of piperidine rings is 1. The lowest BCUT2D eigenvalue weighted by molar-refractivity contribution is -0.138. The highest BCUT2D eigenvalue weighted by molar-refractivity contribution is 5.80. The third-order valence-corrected chi connectivity index (χ3v) is 4.57.